The van der Waals surface area contributed by atoms with Crippen LogP contribution in [-0.4, -0.2) is 9.55 Å². The minimum atomic E-state index is 0.498. The van der Waals surface area contributed by atoms with E-state index in [9.17, 15) is 0 Å². The number of benzene rings is 6. The number of para-hydroxylation sites is 3. The van der Waals surface area contributed by atoms with Gasteiger partial charge in [-0.1, -0.05) is 84.9 Å². The van der Waals surface area contributed by atoms with Gasteiger partial charge in [0.15, 0.2) is 5.58 Å². The minimum Gasteiger partial charge on any atom is -0.464 e. The number of furan rings is 1. The second-order valence-electron chi connectivity index (χ2n) is 11.4. The van der Waals surface area contributed by atoms with Gasteiger partial charge in [-0.25, -0.2) is 0 Å². The Balaban J connectivity index is 1.21. The molecule has 0 spiro atoms. The van der Waals surface area contributed by atoms with E-state index >= 15 is 0 Å². The lowest BCUT2D eigenvalue weighted by molar-refractivity contribution is 0.608. The Hall–Kier alpha value is -6.07. The Morgan fingerprint density at radius 2 is 1.40 bits per heavy atom. The monoisotopic (exact) mass is 581 g/mol. The molecule has 0 atom stereocenters. The van der Waals surface area contributed by atoms with Crippen LogP contribution in [0.15, 0.2) is 155 Å². The van der Waals surface area contributed by atoms with Crippen LogP contribution in [0, 0.1) is 0 Å². The van der Waals surface area contributed by atoms with Crippen molar-refractivity contribution in [2.24, 2.45) is 7.05 Å². The fraction of sp³-hybridized carbons (Fsp3) is 0.0250. The van der Waals surface area contributed by atoms with Gasteiger partial charge < -0.3 is 13.4 Å². The molecule has 45 heavy (non-hydrogen) atoms. The molecule has 0 N–H and O–H groups in total. The largest absolute Gasteiger partial charge is 0.464 e. The summed E-state index contributed by atoms with van der Waals surface area (Å²) in [7, 11) is 2.10. The molecular formula is C40H27N3O2. The number of hydrogen-bond donors (Lipinski definition) is 0. The number of rotatable bonds is 5. The van der Waals surface area contributed by atoms with E-state index < -0.39 is 0 Å². The molecule has 5 heteroatoms. The Morgan fingerprint density at radius 1 is 0.600 bits per heavy atom. The van der Waals surface area contributed by atoms with Crippen molar-refractivity contribution in [2.45, 2.75) is 0 Å². The van der Waals surface area contributed by atoms with Crippen LogP contribution < -0.4 is 4.90 Å². The van der Waals surface area contributed by atoms with Crippen molar-refractivity contribution in [1.82, 2.24) is 9.55 Å². The summed E-state index contributed by atoms with van der Waals surface area (Å²) >= 11 is 0. The number of hydrogen-bond acceptors (Lipinski definition) is 4. The van der Waals surface area contributed by atoms with Crippen molar-refractivity contribution in [1.29, 1.82) is 0 Å². The SMILES string of the molecule is Cn1c(-c2cccc3oc(N(c4ccccc4)c4ccc5occ(-c6ccc7ccccc7c6)c5c4)nc23)cc2ccccc21. The second kappa shape index (κ2) is 10.00. The van der Waals surface area contributed by atoms with Gasteiger partial charge in [0.05, 0.1) is 23.3 Å². The minimum absolute atomic E-state index is 0.498. The maximum Gasteiger partial charge on any atom is 0.307 e. The van der Waals surface area contributed by atoms with Gasteiger partial charge in [0.1, 0.15) is 11.1 Å². The summed E-state index contributed by atoms with van der Waals surface area (Å²) in [6.45, 7) is 0. The molecule has 0 aliphatic heterocycles. The fourth-order valence-corrected chi connectivity index (χ4v) is 6.47. The maximum atomic E-state index is 6.55. The van der Waals surface area contributed by atoms with E-state index in [1.165, 1.54) is 21.7 Å². The van der Waals surface area contributed by atoms with E-state index in [4.69, 9.17) is 13.8 Å². The quantitative estimate of drug-likeness (QED) is 0.203. The highest BCUT2D eigenvalue weighted by molar-refractivity contribution is 6.00. The van der Waals surface area contributed by atoms with Gasteiger partial charge in [0.2, 0.25) is 0 Å². The standard InChI is InChI=1S/C40H27N3O2/c1-42-35-16-8-7-12-29(35)23-36(42)32-15-9-17-38-39(32)41-40(45-38)43(30-13-3-2-4-14-30)31-20-21-37-33(24-31)34(25-44-37)28-19-18-26-10-5-6-11-27(26)22-28/h2-25H,1H3. The molecule has 0 saturated heterocycles. The number of aromatic nitrogens is 2. The second-order valence-corrected chi connectivity index (χ2v) is 11.4. The topological polar surface area (TPSA) is 47.3 Å². The molecule has 0 aliphatic carbocycles. The lowest BCUT2D eigenvalue weighted by atomic mass is 10.0. The first kappa shape index (κ1) is 25.4. The summed E-state index contributed by atoms with van der Waals surface area (Å²) in [5.41, 5.74) is 9.69. The van der Waals surface area contributed by atoms with Crippen LogP contribution in [0.3, 0.4) is 0 Å². The van der Waals surface area contributed by atoms with Crippen molar-refractivity contribution < 1.29 is 8.83 Å². The zero-order valence-electron chi connectivity index (χ0n) is 24.5. The van der Waals surface area contributed by atoms with Gasteiger partial charge in [0, 0.05) is 34.5 Å². The number of anilines is 3. The van der Waals surface area contributed by atoms with Crippen LogP contribution in [0.4, 0.5) is 17.4 Å². The summed E-state index contributed by atoms with van der Waals surface area (Å²) in [6, 6.07) is 48.7. The first-order valence-electron chi connectivity index (χ1n) is 15.0. The molecule has 0 fully saturated rings. The molecule has 3 heterocycles. The number of oxazole rings is 1. The van der Waals surface area contributed by atoms with E-state index in [1.807, 2.05) is 42.7 Å². The first-order valence-corrected chi connectivity index (χ1v) is 15.0. The van der Waals surface area contributed by atoms with Crippen molar-refractivity contribution in [3.8, 4) is 22.4 Å². The molecule has 0 bridgehead atoms. The molecule has 214 valence electrons. The lowest BCUT2D eigenvalue weighted by Crippen LogP contribution is -2.10. The molecule has 9 rings (SSSR count). The van der Waals surface area contributed by atoms with Crippen LogP contribution in [0.5, 0.6) is 0 Å². The molecule has 0 saturated carbocycles. The normalized spacial score (nSPS) is 11.7. The van der Waals surface area contributed by atoms with Crippen molar-refractivity contribution in [3.05, 3.63) is 146 Å². The Kier molecular flexibility index (Phi) is 5.65. The third kappa shape index (κ3) is 4.13. The highest BCUT2D eigenvalue weighted by Crippen LogP contribution is 2.41. The molecule has 6 aromatic carbocycles. The Labute approximate surface area is 259 Å². The van der Waals surface area contributed by atoms with E-state index in [0.717, 1.165) is 55.8 Å². The number of fused-ring (bicyclic) bond motifs is 4. The maximum absolute atomic E-state index is 6.55. The molecule has 5 nitrogen and oxygen atoms in total. The summed E-state index contributed by atoms with van der Waals surface area (Å²) in [6.07, 6.45) is 1.85. The van der Waals surface area contributed by atoms with Crippen molar-refractivity contribution >= 4 is 61.1 Å². The van der Waals surface area contributed by atoms with Gasteiger partial charge >= 0.3 is 6.01 Å². The van der Waals surface area contributed by atoms with Gasteiger partial charge in [-0.3, -0.25) is 4.90 Å². The molecule has 0 aliphatic rings. The molecule has 0 amide bonds. The van der Waals surface area contributed by atoms with Crippen LogP contribution in [0.25, 0.3) is 66.1 Å². The predicted molar refractivity (Wildman–Crippen MR) is 183 cm³/mol. The van der Waals surface area contributed by atoms with Crippen LogP contribution >= 0.6 is 0 Å². The number of aryl methyl sites for hydroxylation is 1. The van der Waals surface area contributed by atoms with E-state index in [2.05, 4.69) is 120 Å². The summed E-state index contributed by atoms with van der Waals surface area (Å²) < 4.78 is 14.8. The van der Waals surface area contributed by atoms with E-state index in [0.29, 0.717) is 6.01 Å². The van der Waals surface area contributed by atoms with Crippen LogP contribution in [-0.2, 0) is 7.05 Å². The lowest BCUT2D eigenvalue weighted by Gasteiger charge is -2.21. The van der Waals surface area contributed by atoms with E-state index in [1.54, 1.807) is 0 Å². The molecule has 0 unspecified atom stereocenters. The third-order valence-corrected chi connectivity index (χ3v) is 8.72. The van der Waals surface area contributed by atoms with Crippen molar-refractivity contribution in [3.63, 3.8) is 0 Å². The molecule has 9 aromatic rings. The average Bonchev–Trinajstić information content (AvgIpc) is 3.80. The molecule has 3 aromatic heterocycles. The first-order chi connectivity index (χ1) is 22.2. The van der Waals surface area contributed by atoms with E-state index in [-0.39, 0.29) is 0 Å². The zero-order valence-corrected chi connectivity index (χ0v) is 24.5. The summed E-state index contributed by atoms with van der Waals surface area (Å²) in [5, 5.41) is 4.62. The molecular weight excluding hydrogens is 554 g/mol. The van der Waals surface area contributed by atoms with Gasteiger partial charge in [-0.15, -0.1) is 0 Å². The Bertz CT molecular complexity index is 2520. The van der Waals surface area contributed by atoms with Gasteiger partial charge in [-0.05, 0) is 70.9 Å². The zero-order chi connectivity index (χ0) is 29.9. The highest BCUT2D eigenvalue weighted by Gasteiger charge is 2.22. The number of nitrogens with zero attached hydrogens (tertiary/aromatic N) is 3. The summed E-state index contributed by atoms with van der Waals surface area (Å²) in [4.78, 5) is 7.23. The van der Waals surface area contributed by atoms with Gasteiger partial charge in [0.25, 0.3) is 0 Å². The third-order valence-electron chi connectivity index (χ3n) is 8.72. The van der Waals surface area contributed by atoms with Crippen LogP contribution in [0.2, 0.25) is 0 Å². The highest BCUT2D eigenvalue weighted by atomic mass is 16.4. The molecule has 0 radical (unpaired) electrons. The predicted octanol–water partition coefficient (Wildman–Crippen LogP) is 11.0. The fourth-order valence-electron chi connectivity index (χ4n) is 6.47. The van der Waals surface area contributed by atoms with Gasteiger partial charge in [-0.2, -0.15) is 4.98 Å². The van der Waals surface area contributed by atoms with Crippen molar-refractivity contribution in [2.75, 3.05) is 4.90 Å². The average molecular weight is 582 g/mol. The smallest absolute Gasteiger partial charge is 0.307 e. The van der Waals surface area contributed by atoms with Crippen LogP contribution in [0.1, 0.15) is 0 Å². The summed E-state index contributed by atoms with van der Waals surface area (Å²) in [5.74, 6) is 0. The Morgan fingerprint density at radius 3 is 2.27 bits per heavy atom.